The second-order valence-electron chi connectivity index (χ2n) is 6.02. The first-order chi connectivity index (χ1) is 9.92. The van der Waals surface area contributed by atoms with Crippen molar-refractivity contribution in [2.45, 2.75) is 31.9 Å². The van der Waals surface area contributed by atoms with Gasteiger partial charge in [-0.05, 0) is 44.5 Å². The van der Waals surface area contributed by atoms with Gasteiger partial charge in [0.2, 0.25) is 0 Å². The molecule has 2 fully saturated rings. The smallest absolute Gasteiger partial charge is 0.0717 e. The van der Waals surface area contributed by atoms with Crippen LogP contribution in [0.4, 0.5) is 0 Å². The molecule has 2 aliphatic rings. The van der Waals surface area contributed by atoms with E-state index in [2.05, 4.69) is 34.1 Å². The number of hydrogen-bond donors (Lipinski definition) is 0. The number of nitrogens with zero attached hydrogens (tertiary/aromatic N) is 2. The molecule has 0 aliphatic carbocycles. The number of fused-ring (bicyclic) bond motifs is 1. The van der Waals surface area contributed by atoms with Crippen LogP contribution >= 0.6 is 0 Å². The standard InChI is InChI=1S/C17H26N2O/c1-2-6-16(7-3-1)15-20-13-12-18-9-5-11-19-10-4-8-17(19)14-18/h1-3,6-7,17H,4-5,8-15H2/t17-/m0/s1. The maximum Gasteiger partial charge on any atom is 0.0717 e. The summed E-state index contributed by atoms with van der Waals surface area (Å²) in [4.78, 5) is 5.28. The highest BCUT2D eigenvalue weighted by Crippen LogP contribution is 2.21. The van der Waals surface area contributed by atoms with E-state index in [4.69, 9.17) is 4.74 Å². The van der Waals surface area contributed by atoms with Crippen LogP contribution in [-0.4, -0.2) is 55.2 Å². The highest BCUT2D eigenvalue weighted by molar-refractivity contribution is 5.13. The zero-order chi connectivity index (χ0) is 13.6. The summed E-state index contributed by atoms with van der Waals surface area (Å²) in [7, 11) is 0. The third-order valence-electron chi connectivity index (χ3n) is 4.55. The van der Waals surface area contributed by atoms with Gasteiger partial charge in [-0.1, -0.05) is 30.3 Å². The Morgan fingerprint density at radius 3 is 2.80 bits per heavy atom. The van der Waals surface area contributed by atoms with Gasteiger partial charge in [0.05, 0.1) is 13.2 Å². The van der Waals surface area contributed by atoms with Crippen molar-refractivity contribution in [3.05, 3.63) is 35.9 Å². The molecular formula is C17H26N2O. The third-order valence-corrected chi connectivity index (χ3v) is 4.55. The van der Waals surface area contributed by atoms with Crippen molar-refractivity contribution in [1.82, 2.24) is 9.80 Å². The summed E-state index contributed by atoms with van der Waals surface area (Å²) in [6, 6.07) is 11.3. The van der Waals surface area contributed by atoms with Crippen molar-refractivity contribution in [3.8, 4) is 0 Å². The number of ether oxygens (including phenoxy) is 1. The summed E-state index contributed by atoms with van der Waals surface area (Å²) in [5.74, 6) is 0. The fourth-order valence-electron chi connectivity index (χ4n) is 3.44. The highest BCUT2D eigenvalue weighted by atomic mass is 16.5. The maximum atomic E-state index is 5.82. The molecule has 0 aromatic heterocycles. The summed E-state index contributed by atoms with van der Waals surface area (Å²) >= 11 is 0. The van der Waals surface area contributed by atoms with Gasteiger partial charge in [-0.25, -0.2) is 0 Å². The molecule has 2 saturated heterocycles. The lowest BCUT2D eigenvalue weighted by atomic mass is 10.2. The summed E-state index contributed by atoms with van der Waals surface area (Å²) < 4.78 is 5.82. The number of hydrogen-bond acceptors (Lipinski definition) is 3. The molecule has 20 heavy (non-hydrogen) atoms. The molecule has 0 radical (unpaired) electrons. The van der Waals surface area contributed by atoms with Crippen molar-refractivity contribution < 1.29 is 4.74 Å². The lowest BCUT2D eigenvalue weighted by Crippen LogP contribution is -2.37. The average molecular weight is 274 g/mol. The van der Waals surface area contributed by atoms with Crippen LogP contribution in [0.3, 0.4) is 0 Å². The van der Waals surface area contributed by atoms with E-state index in [1.165, 1.54) is 51.0 Å². The molecule has 2 aliphatic heterocycles. The summed E-state index contributed by atoms with van der Waals surface area (Å²) in [6.45, 7) is 7.77. The van der Waals surface area contributed by atoms with Crippen molar-refractivity contribution in [3.63, 3.8) is 0 Å². The van der Waals surface area contributed by atoms with Crippen molar-refractivity contribution in [1.29, 1.82) is 0 Å². The van der Waals surface area contributed by atoms with Gasteiger partial charge in [0.1, 0.15) is 0 Å². The van der Waals surface area contributed by atoms with Gasteiger partial charge in [-0.3, -0.25) is 9.80 Å². The quantitative estimate of drug-likeness (QED) is 0.767. The molecule has 0 unspecified atom stereocenters. The first-order valence-corrected chi connectivity index (χ1v) is 8.00. The summed E-state index contributed by atoms with van der Waals surface area (Å²) in [6.07, 6.45) is 4.10. The molecule has 3 nitrogen and oxygen atoms in total. The van der Waals surface area contributed by atoms with Crippen LogP contribution in [0.2, 0.25) is 0 Å². The first-order valence-electron chi connectivity index (χ1n) is 8.00. The van der Waals surface area contributed by atoms with Crippen LogP contribution in [0.15, 0.2) is 30.3 Å². The van der Waals surface area contributed by atoms with E-state index in [0.29, 0.717) is 0 Å². The molecule has 1 aromatic carbocycles. The molecule has 0 saturated carbocycles. The lowest BCUT2D eigenvalue weighted by molar-refractivity contribution is 0.0900. The van der Waals surface area contributed by atoms with Crippen LogP contribution < -0.4 is 0 Å². The van der Waals surface area contributed by atoms with Gasteiger partial charge in [0, 0.05) is 19.1 Å². The predicted molar refractivity (Wildman–Crippen MR) is 81.8 cm³/mol. The van der Waals surface area contributed by atoms with Crippen molar-refractivity contribution >= 4 is 0 Å². The van der Waals surface area contributed by atoms with Gasteiger partial charge in [-0.15, -0.1) is 0 Å². The van der Waals surface area contributed by atoms with Gasteiger partial charge < -0.3 is 4.74 Å². The third kappa shape index (κ3) is 3.81. The van der Waals surface area contributed by atoms with Crippen LogP contribution in [0.1, 0.15) is 24.8 Å². The van der Waals surface area contributed by atoms with Crippen LogP contribution in [0, 0.1) is 0 Å². The molecule has 1 atom stereocenters. The lowest BCUT2D eigenvalue weighted by Gasteiger charge is -2.25. The zero-order valence-electron chi connectivity index (χ0n) is 12.3. The van der Waals surface area contributed by atoms with Gasteiger partial charge in [-0.2, -0.15) is 0 Å². The van der Waals surface area contributed by atoms with Gasteiger partial charge in [0.25, 0.3) is 0 Å². The molecule has 0 bridgehead atoms. The molecule has 3 rings (SSSR count). The van der Waals surface area contributed by atoms with Crippen molar-refractivity contribution in [2.24, 2.45) is 0 Å². The molecule has 1 aromatic rings. The fraction of sp³-hybridized carbons (Fsp3) is 0.647. The average Bonchev–Trinajstić information content (AvgIpc) is 2.83. The summed E-state index contributed by atoms with van der Waals surface area (Å²) in [5, 5.41) is 0. The van der Waals surface area contributed by atoms with E-state index in [0.717, 1.165) is 25.8 Å². The van der Waals surface area contributed by atoms with Crippen LogP contribution in [-0.2, 0) is 11.3 Å². The maximum absolute atomic E-state index is 5.82. The predicted octanol–water partition coefficient (Wildman–Crippen LogP) is 2.37. The second kappa shape index (κ2) is 7.21. The Morgan fingerprint density at radius 1 is 1.05 bits per heavy atom. The minimum atomic E-state index is 0.740. The Bertz CT molecular complexity index is 395. The molecular weight excluding hydrogens is 248 g/mol. The molecule has 110 valence electrons. The Labute approximate surface area is 122 Å². The second-order valence-corrected chi connectivity index (χ2v) is 6.02. The molecule has 0 spiro atoms. The van der Waals surface area contributed by atoms with E-state index in [1.807, 2.05) is 6.07 Å². The van der Waals surface area contributed by atoms with Gasteiger partial charge >= 0.3 is 0 Å². The highest BCUT2D eigenvalue weighted by Gasteiger charge is 2.28. The first kappa shape index (κ1) is 14.1. The Hall–Kier alpha value is -0.900. The van der Waals surface area contributed by atoms with E-state index >= 15 is 0 Å². The van der Waals surface area contributed by atoms with E-state index in [9.17, 15) is 0 Å². The monoisotopic (exact) mass is 274 g/mol. The largest absolute Gasteiger partial charge is 0.375 e. The van der Waals surface area contributed by atoms with E-state index < -0.39 is 0 Å². The van der Waals surface area contributed by atoms with Crippen LogP contribution in [0.5, 0.6) is 0 Å². The molecule has 2 heterocycles. The topological polar surface area (TPSA) is 15.7 Å². The molecule has 0 N–H and O–H groups in total. The zero-order valence-corrected chi connectivity index (χ0v) is 12.3. The van der Waals surface area contributed by atoms with Crippen molar-refractivity contribution in [2.75, 3.05) is 39.3 Å². The summed E-state index contributed by atoms with van der Waals surface area (Å²) in [5.41, 5.74) is 1.27. The SMILES string of the molecule is c1ccc(COCCN2CCCN3CCC[C@H]3C2)cc1. The van der Waals surface area contributed by atoms with Gasteiger partial charge in [0.15, 0.2) is 0 Å². The normalized spacial score (nSPS) is 24.5. The molecule has 0 amide bonds. The Morgan fingerprint density at radius 2 is 1.90 bits per heavy atom. The Kier molecular flexibility index (Phi) is 5.06. The fourth-order valence-corrected chi connectivity index (χ4v) is 3.44. The van der Waals surface area contributed by atoms with E-state index in [1.54, 1.807) is 0 Å². The number of benzene rings is 1. The Balaban J connectivity index is 1.37. The van der Waals surface area contributed by atoms with E-state index in [-0.39, 0.29) is 0 Å². The minimum absolute atomic E-state index is 0.740. The molecule has 3 heteroatoms. The number of rotatable bonds is 5. The van der Waals surface area contributed by atoms with Crippen LogP contribution in [0.25, 0.3) is 0 Å². The minimum Gasteiger partial charge on any atom is -0.375 e.